The number of nitrogens with one attached hydrogen (secondary N) is 2. The Labute approximate surface area is 138 Å². The van der Waals surface area contributed by atoms with Crippen LogP contribution in [0.15, 0.2) is 23.5 Å². The lowest BCUT2D eigenvalue weighted by Gasteiger charge is -2.16. The number of aliphatic hydroxyl groups excluding tert-OH is 2. The van der Waals surface area contributed by atoms with Gasteiger partial charge in [0, 0.05) is 43.0 Å². The largest absolute Gasteiger partial charge is 0.394 e. The minimum absolute atomic E-state index is 0.249. The highest BCUT2D eigenvalue weighted by atomic mass is 16.5. The van der Waals surface area contributed by atoms with Crippen molar-refractivity contribution in [2.45, 2.75) is 38.2 Å². The van der Waals surface area contributed by atoms with Crippen molar-refractivity contribution in [2.24, 2.45) is 0 Å². The Morgan fingerprint density at radius 2 is 2.38 bits per heavy atom. The molecule has 0 spiro atoms. The molecule has 24 heavy (non-hydrogen) atoms. The number of aromatic amines is 1. The average molecular weight is 335 g/mol. The molecule has 1 aliphatic rings. The molecule has 2 aromatic heterocycles. The third kappa shape index (κ3) is 3.48. The zero-order valence-corrected chi connectivity index (χ0v) is 13.3. The summed E-state index contributed by atoms with van der Waals surface area (Å²) in [6, 6.07) is 0. The lowest BCUT2D eigenvalue weighted by Crippen LogP contribution is -2.29. The second-order valence-electron chi connectivity index (χ2n) is 5.83. The number of aryl methyl sites for hydroxylation is 1. The molecule has 2 aromatic rings. The minimum atomic E-state index is -0.792. The van der Waals surface area contributed by atoms with Gasteiger partial charge >= 0.3 is 5.69 Å². The van der Waals surface area contributed by atoms with E-state index in [1.165, 1.54) is 4.57 Å². The SMILES string of the molecule is Cc1cn([C@H]2C[C@H](O)[C@@H](CO)O2)c(=O)nc1NCCc1cnc[nH]1. The van der Waals surface area contributed by atoms with E-state index in [-0.39, 0.29) is 13.0 Å². The maximum atomic E-state index is 12.2. The van der Waals surface area contributed by atoms with Gasteiger partial charge in [-0.3, -0.25) is 4.57 Å². The molecule has 3 heterocycles. The van der Waals surface area contributed by atoms with Crippen molar-refractivity contribution >= 4 is 5.82 Å². The summed E-state index contributed by atoms with van der Waals surface area (Å²) < 4.78 is 6.86. The highest BCUT2D eigenvalue weighted by Gasteiger charge is 2.35. The van der Waals surface area contributed by atoms with Gasteiger partial charge in [-0.25, -0.2) is 9.78 Å². The van der Waals surface area contributed by atoms with Crippen LogP contribution >= 0.6 is 0 Å². The second-order valence-corrected chi connectivity index (χ2v) is 5.83. The molecule has 1 aliphatic heterocycles. The van der Waals surface area contributed by atoms with Gasteiger partial charge < -0.3 is 25.3 Å². The first kappa shape index (κ1) is 16.6. The molecule has 130 valence electrons. The summed E-state index contributed by atoms with van der Waals surface area (Å²) in [4.78, 5) is 23.3. The van der Waals surface area contributed by atoms with Crippen LogP contribution in [-0.2, 0) is 11.2 Å². The Morgan fingerprint density at radius 1 is 1.54 bits per heavy atom. The molecule has 4 N–H and O–H groups in total. The molecule has 0 radical (unpaired) electrons. The van der Waals surface area contributed by atoms with Crippen LogP contribution in [0.25, 0.3) is 0 Å². The fraction of sp³-hybridized carbons (Fsp3) is 0.533. The van der Waals surface area contributed by atoms with Gasteiger partial charge in [-0.1, -0.05) is 0 Å². The number of ether oxygens (including phenoxy) is 1. The number of rotatable bonds is 6. The zero-order valence-electron chi connectivity index (χ0n) is 13.3. The summed E-state index contributed by atoms with van der Waals surface area (Å²) in [6.07, 6.45) is 3.93. The number of nitrogens with zero attached hydrogens (tertiary/aromatic N) is 3. The minimum Gasteiger partial charge on any atom is -0.394 e. The molecule has 1 fully saturated rings. The van der Waals surface area contributed by atoms with Crippen molar-refractivity contribution in [3.8, 4) is 0 Å². The molecule has 9 heteroatoms. The smallest absolute Gasteiger partial charge is 0.351 e. The first-order valence-electron chi connectivity index (χ1n) is 7.83. The normalized spacial score (nSPS) is 23.5. The molecule has 3 rings (SSSR count). The Hall–Kier alpha value is -2.23. The van der Waals surface area contributed by atoms with Crippen molar-refractivity contribution in [1.82, 2.24) is 19.5 Å². The third-order valence-corrected chi connectivity index (χ3v) is 4.07. The second kappa shape index (κ2) is 7.12. The third-order valence-electron chi connectivity index (χ3n) is 4.07. The van der Waals surface area contributed by atoms with Crippen LogP contribution in [0.1, 0.15) is 23.9 Å². The summed E-state index contributed by atoms with van der Waals surface area (Å²) in [7, 11) is 0. The Kier molecular flexibility index (Phi) is 4.93. The highest BCUT2D eigenvalue weighted by molar-refractivity contribution is 5.41. The van der Waals surface area contributed by atoms with Crippen molar-refractivity contribution in [1.29, 1.82) is 0 Å². The summed E-state index contributed by atoms with van der Waals surface area (Å²) >= 11 is 0. The van der Waals surface area contributed by atoms with Gasteiger partial charge in [-0.15, -0.1) is 0 Å². The van der Waals surface area contributed by atoms with Gasteiger partial charge in [0.2, 0.25) is 0 Å². The number of imidazole rings is 1. The zero-order chi connectivity index (χ0) is 17.1. The Bertz CT molecular complexity index is 730. The average Bonchev–Trinajstić information content (AvgIpc) is 3.19. The predicted octanol–water partition coefficient (Wildman–Crippen LogP) is -0.430. The summed E-state index contributed by atoms with van der Waals surface area (Å²) in [6.45, 7) is 2.17. The van der Waals surface area contributed by atoms with E-state index in [4.69, 9.17) is 9.84 Å². The van der Waals surface area contributed by atoms with E-state index in [9.17, 15) is 9.90 Å². The van der Waals surface area contributed by atoms with Crippen LogP contribution in [0.2, 0.25) is 0 Å². The molecule has 0 unspecified atom stereocenters. The number of H-pyrrole nitrogens is 1. The van der Waals surface area contributed by atoms with Gasteiger partial charge in [0.1, 0.15) is 18.1 Å². The van der Waals surface area contributed by atoms with Gasteiger partial charge in [0.25, 0.3) is 0 Å². The van der Waals surface area contributed by atoms with Gasteiger partial charge in [0.15, 0.2) is 0 Å². The maximum Gasteiger partial charge on any atom is 0.351 e. The van der Waals surface area contributed by atoms with Crippen LogP contribution < -0.4 is 11.0 Å². The molecule has 0 aliphatic carbocycles. The van der Waals surface area contributed by atoms with Crippen LogP contribution in [0.4, 0.5) is 5.82 Å². The number of aromatic nitrogens is 4. The van der Waals surface area contributed by atoms with Crippen LogP contribution in [0.5, 0.6) is 0 Å². The van der Waals surface area contributed by atoms with E-state index < -0.39 is 24.1 Å². The van der Waals surface area contributed by atoms with E-state index in [1.54, 1.807) is 18.7 Å². The lowest BCUT2D eigenvalue weighted by atomic mass is 10.2. The number of hydrogen-bond acceptors (Lipinski definition) is 7. The predicted molar refractivity (Wildman–Crippen MR) is 85.6 cm³/mol. The van der Waals surface area contributed by atoms with E-state index >= 15 is 0 Å². The molecular weight excluding hydrogens is 314 g/mol. The van der Waals surface area contributed by atoms with E-state index in [0.29, 0.717) is 12.4 Å². The molecule has 0 saturated carbocycles. The summed E-state index contributed by atoms with van der Waals surface area (Å²) in [5.41, 5.74) is 1.34. The molecule has 0 bridgehead atoms. The first-order valence-corrected chi connectivity index (χ1v) is 7.83. The van der Waals surface area contributed by atoms with Gasteiger partial charge in [0.05, 0.1) is 19.0 Å². The number of aliphatic hydroxyl groups is 2. The van der Waals surface area contributed by atoms with Crippen molar-refractivity contribution in [2.75, 3.05) is 18.5 Å². The van der Waals surface area contributed by atoms with Crippen molar-refractivity contribution in [3.05, 3.63) is 40.5 Å². The number of anilines is 1. The summed E-state index contributed by atoms with van der Waals surface area (Å²) in [5.74, 6) is 0.521. The molecular formula is C15H21N5O4. The van der Waals surface area contributed by atoms with Gasteiger partial charge in [-0.2, -0.15) is 4.98 Å². The molecule has 0 amide bonds. The Morgan fingerprint density at radius 3 is 3.04 bits per heavy atom. The standard InChI is InChI=1S/C15H21N5O4/c1-9-6-20(13-4-11(22)12(7-21)24-13)15(23)19-14(9)17-3-2-10-5-16-8-18-10/h5-6,8,11-13,21-22H,2-4,7H2,1H3,(H,16,18)(H,17,19,23)/t11-,12+,13+/m0/s1. The molecule has 3 atom stereocenters. The monoisotopic (exact) mass is 335 g/mol. The molecule has 0 aromatic carbocycles. The fourth-order valence-corrected chi connectivity index (χ4v) is 2.74. The first-order chi connectivity index (χ1) is 11.6. The number of hydrogen-bond donors (Lipinski definition) is 4. The Balaban J connectivity index is 1.68. The fourth-order valence-electron chi connectivity index (χ4n) is 2.74. The quantitative estimate of drug-likeness (QED) is 0.564. The lowest BCUT2D eigenvalue weighted by molar-refractivity contribution is -0.0459. The molecule has 9 nitrogen and oxygen atoms in total. The topological polar surface area (TPSA) is 125 Å². The van der Waals surface area contributed by atoms with Crippen molar-refractivity contribution < 1.29 is 14.9 Å². The van der Waals surface area contributed by atoms with E-state index in [0.717, 1.165) is 17.7 Å². The van der Waals surface area contributed by atoms with E-state index in [2.05, 4.69) is 20.3 Å². The van der Waals surface area contributed by atoms with Crippen LogP contribution in [0.3, 0.4) is 0 Å². The molecule has 1 saturated heterocycles. The maximum absolute atomic E-state index is 12.2. The van der Waals surface area contributed by atoms with Crippen molar-refractivity contribution in [3.63, 3.8) is 0 Å². The van der Waals surface area contributed by atoms with E-state index in [1.807, 2.05) is 6.92 Å². The summed E-state index contributed by atoms with van der Waals surface area (Å²) in [5, 5.41) is 22.1. The van der Waals surface area contributed by atoms with Crippen LogP contribution in [0, 0.1) is 6.92 Å². The van der Waals surface area contributed by atoms with Gasteiger partial charge in [-0.05, 0) is 6.92 Å². The van der Waals surface area contributed by atoms with Crippen LogP contribution in [-0.4, -0.2) is 55.1 Å². The highest BCUT2D eigenvalue weighted by Crippen LogP contribution is 2.27.